The Morgan fingerprint density at radius 3 is 2.36 bits per heavy atom. The molecule has 1 atom stereocenters. The average molecular weight is 194 g/mol. The molecule has 0 fully saturated rings. The van der Waals surface area contributed by atoms with E-state index in [0.29, 0.717) is 6.42 Å². The zero-order chi connectivity index (χ0) is 10.6. The van der Waals surface area contributed by atoms with E-state index < -0.39 is 11.8 Å². The lowest BCUT2D eigenvalue weighted by molar-refractivity contribution is 0.0893. The molecule has 0 saturated heterocycles. The van der Waals surface area contributed by atoms with E-state index in [0.717, 1.165) is 6.42 Å². The lowest BCUT2D eigenvalue weighted by atomic mass is 9.99. The topological polar surface area (TPSA) is 72.3 Å². The Balaban J connectivity index is 2.42. The summed E-state index contributed by atoms with van der Waals surface area (Å²) in [4.78, 5) is 0. The molecule has 3 heteroatoms. The van der Waals surface area contributed by atoms with Gasteiger partial charge in [-0.1, -0.05) is 30.3 Å². The Bertz CT molecular complexity index is 266. The van der Waals surface area contributed by atoms with E-state index in [1.54, 1.807) is 6.92 Å². The van der Waals surface area contributed by atoms with Crippen LogP contribution in [0.5, 0.6) is 0 Å². The Kier molecular flexibility index (Phi) is 3.63. The van der Waals surface area contributed by atoms with Crippen molar-refractivity contribution in [2.45, 2.75) is 31.5 Å². The van der Waals surface area contributed by atoms with Gasteiger partial charge in [-0.2, -0.15) is 0 Å². The van der Waals surface area contributed by atoms with Gasteiger partial charge in [0.15, 0.2) is 0 Å². The fourth-order valence-corrected chi connectivity index (χ4v) is 1.26. The van der Waals surface area contributed by atoms with Gasteiger partial charge in [0.05, 0.1) is 11.8 Å². The minimum absolute atomic E-state index is 0.591. The number of hydrogen-bond donors (Lipinski definition) is 3. The van der Waals surface area contributed by atoms with Crippen molar-refractivity contribution in [3.8, 4) is 0 Å². The largest absolute Gasteiger partial charge is 0.390 e. The maximum atomic E-state index is 9.60. The van der Waals surface area contributed by atoms with Crippen molar-refractivity contribution in [1.29, 1.82) is 0 Å². The van der Waals surface area contributed by atoms with Gasteiger partial charge in [0.1, 0.15) is 0 Å². The minimum Gasteiger partial charge on any atom is -0.390 e. The number of aryl methyl sites for hydroxylation is 1. The molecule has 1 aromatic carbocycles. The molecule has 0 radical (unpaired) electrons. The molecular formula is C11H18N2O. The van der Waals surface area contributed by atoms with Crippen molar-refractivity contribution >= 4 is 0 Å². The van der Waals surface area contributed by atoms with Gasteiger partial charge in [0.25, 0.3) is 0 Å². The molecular weight excluding hydrogens is 176 g/mol. The van der Waals surface area contributed by atoms with Crippen LogP contribution in [0.3, 0.4) is 0 Å². The number of aliphatic hydroxyl groups excluding tert-OH is 1. The van der Waals surface area contributed by atoms with E-state index in [1.165, 1.54) is 5.56 Å². The van der Waals surface area contributed by atoms with Gasteiger partial charge in [-0.15, -0.1) is 0 Å². The van der Waals surface area contributed by atoms with Gasteiger partial charge in [-0.05, 0) is 25.3 Å². The van der Waals surface area contributed by atoms with Gasteiger partial charge in [-0.25, -0.2) is 0 Å². The third kappa shape index (κ3) is 3.46. The van der Waals surface area contributed by atoms with Crippen molar-refractivity contribution < 1.29 is 5.11 Å². The lowest BCUT2D eigenvalue weighted by Crippen LogP contribution is -2.56. The van der Waals surface area contributed by atoms with Gasteiger partial charge < -0.3 is 16.6 Å². The van der Waals surface area contributed by atoms with Crippen LogP contribution in [0.25, 0.3) is 0 Å². The molecule has 0 aliphatic heterocycles. The highest BCUT2D eigenvalue weighted by atomic mass is 16.3. The third-order valence-corrected chi connectivity index (χ3v) is 2.27. The Hall–Kier alpha value is -0.900. The summed E-state index contributed by atoms with van der Waals surface area (Å²) in [7, 11) is 0. The van der Waals surface area contributed by atoms with Crippen LogP contribution in [0.2, 0.25) is 0 Å². The predicted octanol–water partition coefficient (Wildman–Crippen LogP) is 0.614. The molecule has 3 nitrogen and oxygen atoms in total. The SMILES string of the molecule is CC(N)(N)C(O)CCc1ccccc1. The summed E-state index contributed by atoms with van der Waals surface area (Å²) in [6, 6.07) is 9.97. The van der Waals surface area contributed by atoms with Crippen LogP contribution < -0.4 is 11.5 Å². The van der Waals surface area contributed by atoms with Crippen molar-refractivity contribution in [3.05, 3.63) is 35.9 Å². The first kappa shape index (κ1) is 11.2. The van der Waals surface area contributed by atoms with Gasteiger partial charge >= 0.3 is 0 Å². The minimum atomic E-state index is -1.01. The fourth-order valence-electron chi connectivity index (χ4n) is 1.26. The highest BCUT2D eigenvalue weighted by Crippen LogP contribution is 2.09. The zero-order valence-electron chi connectivity index (χ0n) is 8.48. The molecule has 0 aliphatic carbocycles. The van der Waals surface area contributed by atoms with Crippen molar-refractivity contribution in [3.63, 3.8) is 0 Å². The van der Waals surface area contributed by atoms with E-state index in [-0.39, 0.29) is 0 Å². The third-order valence-electron chi connectivity index (χ3n) is 2.27. The van der Waals surface area contributed by atoms with Gasteiger partial charge in [0, 0.05) is 0 Å². The summed E-state index contributed by atoms with van der Waals surface area (Å²) in [6.45, 7) is 1.63. The monoisotopic (exact) mass is 194 g/mol. The molecule has 78 valence electrons. The summed E-state index contributed by atoms with van der Waals surface area (Å²) in [5.74, 6) is 0. The number of benzene rings is 1. The number of aliphatic hydroxyl groups is 1. The van der Waals surface area contributed by atoms with E-state index in [4.69, 9.17) is 11.5 Å². The van der Waals surface area contributed by atoms with Crippen molar-refractivity contribution in [2.75, 3.05) is 0 Å². The Morgan fingerprint density at radius 1 is 1.29 bits per heavy atom. The second-order valence-electron chi connectivity index (χ2n) is 3.91. The van der Waals surface area contributed by atoms with E-state index in [2.05, 4.69) is 0 Å². The summed E-state index contributed by atoms with van der Waals surface area (Å²) >= 11 is 0. The molecule has 0 aromatic heterocycles. The van der Waals surface area contributed by atoms with E-state index >= 15 is 0 Å². The molecule has 1 rings (SSSR count). The number of nitrogens with two attached hydrogens (primary N) is 2. The summed E-state index contributed by atoms with van der Waals surface area (Å²) in [5, 5.41) is 9.60. The Morgan fingerprint density at radius 2 is 1.86 bits per heavy atom. The van der Waals surface area contributed by atoms with E-state index in [1.807, 2.05) is 30.3 Å². The maximum absolute atomic E-state index is 9.60. The highest BCUT2D eigenvalue weighted by molar-refractivity contribution is 5.14. The average Bonchev–Trinajstić information content (AvgIpc) is 2.14. The molecule has 14 heavy (non-hydrogen) atoms. The maximum Gasteiger partial charge on any atom is 0.0874 e. The molecule has 0 amide bonds. The summed E-state index contributed by atoms with van der Waals surface area (Å²) in [6.07, 6.45) is 0.724. The zero-order valence-corrected chi connectivity index (χ0v) is 8.48. The molecule has 1 unspecified atom stereocenters. The smallest absolute Gasteiger partial charge is 0.0874 e. The molecule has 0 bridgehead atoms. The second kappa shape index (κ2) is 4.55. The van der Waals surface area contributed by atoms with Crippen LogP contribution >= 0.6 is 0 Å². The second-order valence-corrected chi connectivity index (χ2v) is 3.91. The number of rotatable bonds is 4. The summed E-state index contributed by atoms with van der Waals surface area (Å²) < 4.78 is 0. The summed E-state index contributed by atoms with van der Waals surface area (Å²) in [5.41, 5.74) is 11.3. The van der Waals surface area contributed by atoms with E-state index in [9.17, 15) is 5.11 Å². The first-order chi connectivity index (χ1) is 6.50. The lowest BCUT2D eigenvalue weighted by Gasteiger charge is -2.25. The molecule has 0 heterocycles. The van der Waals surface area contributed by atoms with Gasteiger partial charge in [-0.3, -0.25) is 0 Å². The number of hydrogen-bond acceptors (Lipinski definition) is 3. The van der Waals surface area contributed by atoms with Crippen LogP contribution in [0.4, 0.5) is 0 Å². The molecule has 1 aromatic rings. The van der Waals surface area contributed by atoms with Crippen LogP contribution in [-0.4, -0.2) is 16.9 Å². The highest BCUT2D eigenvalue weighted by Gasteiger charge is 2.22. The Labute approximate surface area is 84.7 Å². The predicted molar refractivity (Wildman–Crippen MR) is 57.5 cm³/mol. The normalized spacial score (nSPS) is 14.0. The van der Waals surface area contributed by atoms with Crippen molar-refractivity contribution in [1.82, 2.24) is 0 Å². The molecule has 0 spiro atoms. The van der Waals surface area contributed by atoms with Crippen LogP contribution in [0.15, 0.2) is 30.3 Å². The van der Waals surface area contributed by atoms with Crippen molar-refractivity contribution in [2.24, 2.45) is 11.5 Å². The molecule has 0 aliphatic rings. The van der Waals surface area contributed by atoms with Gasteiger partial charge in [0.2, 0.25) is 0 Å². The van der Waals surface area contributed by atoms with Crippen LogP contribution in [0.1, 0.15) is 18.9 Å². The fraction of sp³-hybridized carbons (Fsp3) is 0.455. The van der Waals surface area contributed by atoms with Crippen LogP contribution in [-0.2, 0) is 6.42 Å². The van der Waals surface area contributed by atoms with Crippen LogP contribution in [0, 0.1) is 0 Å². The standard InChI is InChI=1S/C11H18N2O/c1-11(12,13)10(14)8-7-9-5-3-2-4-6-9/h2-6,10,14H,7-8,12-13H2,1H3. The quantitative estimate of drug-likeness (QED) is 0.615. The molecule has 0 saturated carbocycles. The first-order valence-corrected chi connectivity index (χ1v) is 4.80. The first-order valence-electron chi connectivity index (χ1n) is 4.80. The molecule has 5 N–H and O–H groups in total.